The van der Waals surface area contributed by atoms with Crippen LogP contribution in [0.15, 0.2) is 28.9 Å². The molecule has 0 spiro atoms. The highest BCUT2D eigenvalue weighted by molar-refractivity contribution is 9.10. The van der Waals surface area contributed by atoms with Crippen molar-refractivity contribution in [3.05, 3.63) is 51.8 Å². The van der Waals surface area contributed by atoms with Crippen LogP contribution >= 0.6 is 15.9 Å². The summed E-state index contributed by atoms with van der Waals surface area (Å²) in [6, 6.07) is 3.21. The highest BCUT2D eigenvalue weighted by atomic mass is 79.9. The molecular weight excluding hydrogens is 328 g/mol. The van der Waals surface area contributed by atoms with Crippen LogP contribution < -0.4 is 5.73 Å². The van der Waals surface area contributed by atoms with Crippen molar-refractivity contribution in [3.8, 4) is 0 Å². The molecule has 20 heavy (non-hydrogen) atoms. The summed E-state index contributed by atoms with van der Waals surface area (Å²) in [6.45, 7) is 4.00. The Morgan fingerprint density at radius 1 is 1.25 bits per heavy atom. The zero-order chi connectivity index (χ0) is 14.9. The third-order valence-corrected chi connectivity index (χ3v) is 3.62. The summed E-state index contributed by atoms with van der Waals surface area (Å²) in [6.07, 6.45) is 2.02. The molecule has 0 bridgehead atoms. The van der Waals surface area contributed by atoms with E-state index in [4.69, 9.17) is 5.73 Å². The lowest BCUT2D eigenvalue weighted by Crippen LogP contribution is -2.20. The second kappa shape index (κ2) is 6.01. The molecule has 0 amide bonds. The Bertz CT molecular complexity index is 590. The van der Waals surface area contributed by atoms with Crippen LogP contribution in [-0.4, -0.2) is 9.78 Å². The van der Waals surface area contributed by atoms with E-state index in [2.05, 4.69) is 21.0 Å². The zero-order valence-electron chi connectivity index (χ0n) is 11.3. The van der Waals surface area contributed by atoms with Gasteiger partial charge >= 0.3 is 0 Å². The predicted molar refractivity (Wildman–Crippen MR) is 77.3 cm³/mol. The van der Waals surface area contributed by atoms with Gasteiger partial charge in [-0.05, 0) is 53.9 Å². The van der Waals surface area contributed by atoms with Crippen LogP contribution in [0.3, 0.4) is 0 Å². The Morgan fingerprint density at radius 2 is 1.85 bits per heavy atom. The van der Waals surface area contributed by atoms with Crippen molar-refractivity contribution in [1.29, 1.82) is 0 Å². The minimum atomic E-state index is -0.594. The molecular formula is C14H16BrF2N3. The van der Waals surface area contributed by atoms with Crippen LogP contribution in [0.5, 0.6) is 0 Å². The molecule has 0 aliphatic heterocycles. The molecule has 0 aliphatic carbocycles. The largest absolute Gasteiger partial charge is 0.322 e. The Labute approximate surface area is 124 Å². The number of aromatic nitrogens is 2. The van der Waals surface area contributed by atoms with Gasteiger partial charge in [-0.3, -0.25) is 4.68 Å². The third kappa shape index (κ3) is 3.24. The van der Waals surface area contributed by atoms with Gasteiger partial charge in [0, 0.05) is 12.1 Å². The van der Waals surface area contributed by atoms with Crippen LogP contribution in [-0.2, 0) is 6.42 Å². The smallest absolute Gasteiger partial charge is 0.126 e. The standard InChI is InChI=1S/C14H16BrF2N3/c1-8(2)20-14(12(15)7-19-20)13(18)5-9-3-10(16)6-11(17)4-9/h3-4,6-8,13H,5,18H2,1-2H3. The molecule has 1 unspecified atom stereocenters. The number of hydrogen-bond acceptors (Lipinski definition) is 2. The molecule has 1 heterocycles. The Morgan fingerprint density at radius 3 is 2.40 bits per heavy atom. The van der Waals surface area contributed by atoms with Gasteiger partial charge in [-0.15, -0.1) is 0 Å². The summed E-state index contributed by atoms with van der Waals surface area (Å²) in [5.74, 6) is -1.19. The van der Waals surface area contributed by atoms with Crippen molar-refractivity contribution in [3.63, 3.8) is 0 Å². The topological polar surface area (TPSA) is 43.8 Å². The van der Waals surface area contributed by atoms with E-state index in [9.17, 15) is 8.78 Å². The van der Waals surface area contributed by atoms with Crippen molar-refractivity contribution >= 4 is 15.9 Å². The molecule has 2 N–H and O–H groups in total. The van der Waals surface area contributed by atoms with E-state index in [1.165, 1.54) is 12.1 Å². The van der Waals surface area contributed by atoms with E-state index in [1.54, 1.807) is 6.20 Å². The summed E-state index contributed by atoms with van der Waals surface area (Å²) in [5, 5.41) is 4.25. The second-order valence-electron chi connectivity index (χ2n) is 5.00. The Kier molecular flexibility index (Phi) is 4.55. The fourth-order valence-electron chi connectivity index (χ4n) is 2.19. The molecule has 1 aromatic heterocycles. The first-order valence-electron chi connectivity index (χ1n) is 6.32. The number of hydrogen-bond donors (Lipinski definition) is 1. The molecule has 0 saturated heterocycles. The summed E-state index contributed by atoms with van der Waals surface area (Å²) in [4.78, 5) is 0. The lowest BCUT2D eigenvalue weighted by atomic mass is 10.0. The number of benzene rings is 1. The number of rotatable bonds is 4. The maximum Gasteiger partial charge on any atom is 0.126 e. The lowest BCUT2D eigenvalue weighted by Gasteiger charge is -2.17. The number of halogens is 3. The molecule has 108 valence electrons. The van der Waals surface area contributed by atoms with Crippen molar-refractivity contribution in [2.75, 3.05) is 0 Å². The van der Waals surface area contributed by atoms with Gasteiger partial charge in [0.25, 0.3) is 0 Å². The second-order valence-corrected chi connectivity index (χ2v) is 5.86. The first-order valence-corrected chi connectivity index (χ1v) is 7.11. The van der Waals surface area contributed by atoms with Gasteiger partial charge < -0.3 is 5.73 Å². The third-order valence-electron chi connectivity index (χ3n) is 3.01. The average Bonchev–Trinajstić information content (AvgIpc) is 2.69. The molecule has 3 nitrogen and oxygen atoms in total. The normalized spacial score (nSPS) is 12.9. The van der Waals surface area contributed by atoms with E-state index in [0.29, 0.717) is 12.0 Å². The van der Waals surface area contributed by atoms with Gasteiger partial charge in [0.05, 0.1) is 22.4 Å². The highest BCUT2D eigenvalue weighted by Gasteiger charge is 2.19. The number of nitrogens with two attached hydrogens (primary N) is 1. The number of nitrogens with zero attached hydrogens (tertiary/aromatic N) is 2. The molecule has 0 saturated carbocycles. The molecule has 0 fully saturated rings. The van der Waals surface area contributed by atoms with E-state index >= 15 is 0 Å². The van der Waals surface area contributed by atoms with E-state index < -0.39 is 17.7 Å². The predicted octanol–water partition coefficient (Wildman–Crippen LogP) is 3.75. The minimum Gasteiger partial charge on any atom is -0.322 e. The van der Waals surface area contributed by atoms with Gasteiger partial charge in [0.15, 0.2) is 0 Å². The summed E-state index contributed by atoms with van der Waals surface area (Å²) in [5.41, 5.74) is 7.53. The maximum absolute atomic E-state index is 13.2. The van der Waals surface area contributed by atoms with E-state index in [-0.39, 0.29) is 6.04 Å². The molecule has 0 aliphatic rings. The van der Waals surface area contributed by atoms with Gasteiger partial charge in [-0.2, -0.15) is 5.10 Å². The fourth-order valence-corrected chi connectivity index (χ4v) is 2.76. The first-order chi connectivity index (χ1) is 9.38. The molecule has 2 rings (SSSR count). The maximum atomic E-state index is 13.2. The zero-order valence-corrected chi connectivity index (χ0v) is 12.9. The van der Waals surface area contributed by atoms with Gasteiger partial charge in [-0.25, -0.2) is 8.78 Å². The molecule has 0 radical (unpaired) electrons. The van der Waals surface area contributed by atoms with Crippen LogP contribution in [0.2, 0.25) is 0 Å². The van der Waals surface area contributed by atoms with Crippen LogP contribution in [0.1, 0.15) is 37.2 Å². The summed E-state index contributed by atoms with van der Waals surface area (Å²) >= 11 is 3.42. The van der Waals surface area contributed by atoms with Crippen molar-refractivity contribution in [1.82, 2.24) is 9.78 Å². The molecule has 1 aromatic carbocycles. The monoisotopic (exact) mass is 343 g/mol. The SMILES string of the molecule is CC(C)n1ncc(Br)c1C(N)Cc1cc(F)cc(F)c1. The van der Waals surface area contributed by atoms with Crippen molar-refractivity contribution in [2.24, 2.45) is 5.73 Å². The average molecular weight is 344 g/mol. The minimum absolute atomic E-state index is 0.159. The highest BCUT2D eigenvalue weighted by Crippen LogP contribution is 2.27. The molecule has 2 aromatic rings. The van der Waals surface area contributed by atoms with Crippen LogP contribution in [0, 0.1) is 11.6 Å². The van der Waals surface area contributed by atoms with E-state index in [1.807, 2.05) is 18.5 Å². The Balaban J connectivity index is 2.28. The van der Waals surface area contributed by atoms with Crippen molar-refractivity contribution < 1.29 is 8.78 Å². The quantitative estimate of drug-likeness (QED) is 0.918. The van der Waals surface area contributed by atoms with Crippen molar-refractivity contribution in [2.45, 2.75) is 32.4 Å². The van der Waals surface area contributed by atoms with Gasteiger partial charge in [0.1, 0.15) is 11.6 Å². The van der Waals surface area contributed by atoms with Crippen LogP contribution in [0.25, 0.3) is 0 Å². The first kappa shape index (κ1) is 15.1. The lowest BCUT2D eigenvalue weighted by molar-refractivity contribution is 0.483. The Hall–Kier alpha value is -1.27. The summed E-state index contributed by atoms with van der Waals surface area (Å²) in [7, 11) is 0. The summed E-state index contributed by atoms with van der Waals surface area (Å²) < 4.78 is 29.0. The molecule has 1 atom stereocenters. The van der Waals surface area contributed by atoms with Gasteiger partial charge in [-0.1, -0.05) is 0 Å². The van der Waals surface area contributed by atoms with Crippen LogP contribution in [0.4, 0.5) is 8.78 Å². The molecule has 6 heteroatoms. The van der Waals surface area contributed by atoms with E-state index in [0.717, 1.165) is 16.2 Å². The fraction of sp³-hybridized carbons (Fsp3) is 0.357. The van der Waals surface area contributed by atoms with Gasteiger partial charge in [0.2, 0.25) is 0 Å².